The summed E-state index contributed by atoms with van der Waals surface area (Å²) in [4.78, 5) is 2.80. The topological polar surface area (TPSA) is 3.24 Å². The summed E-state index contributed by atoms with van der Waals surface area (Å²) in [6, 6.07) is 1.03. The molecule has 0 bridgehead atoms. The Kier molecular flexibility index (Phi) is 1.68. The minimum atomic E-state index is 1.03. The van der Waals surface area contributed by atoms with Crippen LogP contribution in [0.3, 0.4) is 0 Å². The van der Waals surface area contributed by atoms with Crippen LogP contribution in [0.4, 0.5) is 0 Å². The van der Waals surface area contributed by atoms with Gasteiger partial charge in [-0.3, -0.25) is 4.90 Å². The first-order chi connectivity index (χ1) is 5.95. The molecule has 0 aromatic heterocycles. The predicted molar refractivity (Wildman–Crippen MR) is 50.0 cm³/mol. The molecule has 0 N–H and O–H groups in total. The van der Waals surface area contributed by atoms with Gasteiger partial charge in [0.1, 0.15) is 0 Å². The maximum atomic E-state index is 2.80. The Morgan fingerprint density at radius 1 is 0.750 bits per heavy atom. The van der Waals surface area contributed by atoms with E-state index in [9.17, 15) is 0 Å². The SMILES string of the molecule is C1C[C@@H]2CC[C@@H]3CCCN(C1)[C@H]23. The summed E-state index contributed by atoms with van der Waals surface area (Å²) in [6.45, 7) is 2.83. The molecule has 0 unspecified atom stereocenters. The molecule has 1 nitrogen and oxygen atoms in total. The first-order valence-electron chi connectivity index (χ1n) is 5.69. The zero-order valence-corrected chi connectivity index (χ0v) is 7.84. The van der Waals surface area contributed by atoms with Crippen molar-refractivity contribution in [2.75, 3.05) is 13.1 Å². The van der Waals surface area contributed by atoms with Crippen LogP contribution in [0.15, 0.2) is 0 Å². The molecular formula is C11H19N. The van der Waals surface area contributed by atoms with Crippen LogP contribution in [0.1, 0.15) is 38.5 Å². The van der Waals surface area contributed by atoms with E-state index < -0.39 is 0 Å². The van der Waals surface area contributed by atoms with Crippen LogP contribution in [0, 0.1) is 11.8 Å². The zero-order valence-electron chi connectivity index (χ0n) is 7.84. The van der Waals surface area contributed by atoms with Crippen molar-refractivity contribution in [2.45, 2.75) is 44.6 Å². The first kappa shape index (κ1) is 7.37. The average Bonchev–Trinajstić information content (AvgIpc) is 2.52. The van der Waals surface area contributed by atoms with E-state index in [1.54, 1.807) is 12.8 Å². The van der Waals surface area contributed by atoms with Crippen LogP contribution >= 0.6 is 0 Å². The lowest BCUT2D eigenvalue weighted by Crippen LogP contribution is -2.49. The van der Waals surface area contributed by atoms with E-state index in [-0.39, 0.29) is 0 Å². The van der Waals surface area contributed by atoms with Gasteiger partial charge in [0.25, 0.3) is 0 Å². The molecule has 2 heterocycles. The molecule has 3 rings (SSSR count). The fourth-order valence-corrected chi connectivity index (χ4v) is 3.90. The molecule has 3 atom stereocenters. The van der Waals surface area contributed by atoms with Gasteiger partial charge in [0, 0.05) is 6.04 Å². The van der Waals surface area contributed by atoms with Gasteiger partial charge in [0.2, 0.25) is 0 Å². The third-order valence-corrected chi connectivity index (χ3v) is 4.34. The van der Waals surface area contributed by atoms with Gasteiger partial charge in [-0.1, -0.05) is 0 Å². The fourth-order valence-electron chi connectivity index (χ4n) is 3.90. The Balaban J connectivity index is 1.84. The summed E-state index contributed by atoms with van der Waals surface area (Å²) in [5, 5.41) is 0. The van der Waals surface area contributed by atoms with Crippen molar-refractivity contribution >= 4 is 0 Å². The number of rotatable bonds is 0. The third kappa shape index (κ3) is 0.953. The Hall–Kier alpha value is -0.0400. The van der Waals surface area contributed by atoms with E-state index in [1.165, 1.54) is 38.8 Å². The smallest absolute Gasteiger partial charge is 0.0152 e. The van der Waals surface area contributed by atoms with Crippen LogP contribution in [0.2, 0.25) is 0 Å². The Bertz CT molecular complexity index is 160. The summed E-state index contributed by atoms with van der Waals surface area (Å²) in [5.41, 5.74) is 0. The molecule has 0 radical (unpaired) electrons. The van der Waals surface area contributed by atoms with Crippen molar-refractivity contribution in [2.24, 2.45) is 11.8 Å². The lowest BCUT2D eigenvalue weighted by molar-refractivity contribution is 0.0521. The van der Waals surface area contributed by atoms with E-state index >= 15 is 0 Å². The maximum absolute atomic E-state index is 2.80. The van der Waals surface area contributed by atoms with Crippen molar-refractivity contribution in [3.05, 3.63) is 0 Å². The standard InChI is InChI=1S/C11H19N/c1-3-9-5-6-10-4-2-8-12(7-1)11(9)10/h9-11H,1-8H2/t9-,10+,11-. The van der Waals surface area contributed by atoms with E-state index in [2.05, 4.69) is 4.90 Å². The highest BCUT2D eigenvalue weighted by atomic mass is 15.2. The summed E-state index contributed by atoms with van der Waals surface area (Å²) < 4.78 is 0. The third-order valence-electron chi connectivity index (χ3n) is 4.34. The largest absolute Gasteiger partial charge is 0.300 e. The van der Waals surface area contributed by atoms with E-state index in [4.69, 9.17) is 0 Å². The van der Waals surface area contributed by atoms with E-state index in [0.717, 1.165) is 17.9 Å². The summed E-state index contributed by atoms with van der Waals surface area (Å²) in [6.07, 6.45) is 9.13. The van der Waals surface area contributed by atoms with Gasteiger partial charge in [-0.25, -0.2) is 0 Å². The molecule has 68 valence electrons. The second kappa shape index (κ2) is 2.73. The van der Waals surface area contributed by atoms with Crippen molar-refractivity contribution in [1.29, 1.82) is 0 Å². The summed E-state index contributed by atoms with van der Waals surface area (Å²) in [5.74, 6) is 2.20. The molecule has 0 aromatic carbocycles. The lowest BCUT2D eigenvalue weighted by Gasteiger charge is -2.44. The van der Waals surface area contributed by atoms with Crippen molar-refractivity contribution < 1.29 is 0 Å². The molecular weight excluding hydrogens is 146 g/mol. The second-order valence-electron chi connectivity index (χ2n) is 4.91. The quantitative estimate of drug-likeness (QED) is 0.532. The molecule has 1 aliphatic carbocycles. The van der Waals surface area contributed by atoms with Gasteiger partial charge in [-0.2, -0.15) is 0 Å². The lowest BCUT2D eigenvalue weighted by atomic mass is 9.83. The molecule has 12 heavy (non-hydrogen) atoms. The predicted octanol–water partition coefficient (Wildman–Crippen LogP) is 2.27. The molecule has 1 heteroatoms. The first-order valence-corrected chi connectivity index (χ1v) is 5.69. The van der Waals surface area contributed by atoms with E-state index in [0.29, 0.717) is 0 Å². The average molecular weight is 165 g/mol. The number of hydrogen-bond donors (Lipinski definition) is 0. The van der Waals surface area contributed by atoms with Gasteiger partial charge in [0.05, 0.1) is 0 Å². The molecule has 2 aliphatic heterocycles. The van der Waals surface area contributed by atoms with Gasteiger partial charge in [0.15, 0.2) is 0 Å². The number of piperidine rings is 2. The molecule has 3 aliphatic rings. The zero-order chi connectivity index (χ0) is 7.97. The highest BCUT2D eigenvalue weighted by Crippen LogP contribution is 2.44. The van der Waals surface area contributed by atoms with Gasteiger partial charge in [-0.15, -0.1) is 0 Å². The fraction of sp³-hybridized carbons (Fsp3) is 1.00. The van der Waals surface area contributed by atoms with Crippen LogP contribution in [-0.4, -0.2) is 24.0 Å². The number of hydrogen-bond acceptors (Lipinski definition) is 1. The number of nitrogens with zero attached hydrogens (tertiary/aromatic N) is 1. The Morgan fingerprint density at radius 3 is 1.92 bits per heavy atom. The monoisotopic (exact) mass is 165 g/mol. The molecule has 2 saturated heterocycles. The van der Waals surface area contributed by atoms with Crippen LogP contribution < -0.4 is 0 Å². The minimum Gasteiger partial charge on any atom is -0.300 e. The molecule has 1 saturated carbocycles. The maximum Gasteiger partial charge on any atom is 0.0152 e. The Labute approximate surface area is 75.1 Å². The van der Waals surface area contributed by atoms with Gasteiger partial charge in [-0.05, 0) is 63.5 Å². The van der Waals surface area contributed by atoms with Gasteiger partial charge >= 0.3 is 0 Å². The summed E-state index contributed by atoms with van der Waals surface area (Å²) >= 11 is 0. The second-order valence-corrected chi connectivity index (χ2v) is 4.91. The van der Waals surface area contributed by atoms with Crippen molar-refractivity contribution in [3.8, 4) is 0 Å². The molecule has 0 spiro atoms. The molecule has 0 aromatic rings. The highest BCUT2D eigenvalue weighted by molar-refractivity contribution is 4.96. The van der Waals surface area contributed by atoms with E-state index in [1.807, 2.05) is 0 Å². The minimum absolute atomic E-state index is 1.03. The highest BCUT2D eigenvalue weighted by Gasteiger charge is 2.43. The Morgan fingerprint density at radius 2 is 1.33 bits per heavy atom. The van der Waals surface area contributed by atoms with Crippen LogP contribution in [-0.2, 0) is 0 Å². The molecule has 3 fully saturated rings. The normalized spacial score (nSPS) is 47.5. The molecule has 0 amide bonds. The summed E-state index contributed by atoms with van der Waals surface area (Å²) in [7, 11) is 0. The van der Waals surface area contributed by atoms with Crippen LogP contribution in [0.5, 0.6) is 0 Å². The van der Waals surface area contributed by atoms with Crippen molar-refractivity contribution in [1.82, 2.24) is 4.90 Å². The van der Waals surface area contributed by atoms with Crippen LogP contribution in [0.25, 0.3) is 0 Å². The van der Waals surface area contributed by atoms with Gasteiger partial charge < -0.3 is 0 Å². The van der Waals surface area contributed by atoms with Crippen molar-refractivity contribution in [3.63, 3.8) is 0 Å².